The standard InChI is InChI=1S/C25H23N3O2.C24H21N3O2.C2H6/c1-15-4-6-18(7-5-15)24-21-10-16(2)17(3)11-22(21)25(29)28(27-24)20-8-9-26-23(12-20)19-13-30-14-19;1-15-10-20-21(11-16(15)2)24(28)27(26-23(20)17-6-4-3-5-7-17)19-8-9-25-22(12-19)18-13-29-14-18;1-2/h4-12,19H,13-14H2,1-3H3;3-12,18H,13-14H2,1-2H3;1-2H3. The number of aromatic nitrogens is 6. The maximum Gasteiger partial charge on any atom is 0.279 e. The Bertz CT molecular complexity index is 3000. The highest BCUT2D eigenvalue weighted by Gasteiger charge is 2.24. The lowest BCUT2D eigenvalue weighted by Gasteiger charge is -2.25. The number of nitrogens with zero attached hydrogens (tertiary/aromatic N) is 6. The molecule has 0 radical (unpaired) electrons. The second kappa shape index (κ2) is 17.5. The second-order valence-corrected chi connectivity index (χ2v) is 15.7. The number of hydrogen-bond donors (Lipinski definition) is 0. The zero-order valence-electron chi connectivity index (χ0n) is 35.8. The molecule has 0 atom stereocenters. The van der Waals surface area contributed by atoms with Gasteiger partial charge in [-0.05, 0) is 105 Å². The van der Waals surface area contributed by atoms with E-state index in [0.29, 0.717) is 37.2 Å². The minimum atomic E-state index is -0.121. The van der Waals surface area contributed by atoms with Crippen LogP contribution in [0.1, 0.15) is 64.9 Å². The third-order valence-electron chi connectivity index (χ3n) is 11.5. The van der Waals surface area contributed by atoms with Crippen molar-refractivity contribution in [1.29, 1.82) is 0 Å². The summed E-state index contributed by atoms with van der Waals surface area (Å²) in [6.07, 6.45) is 3.48. The van der Waals surface area contributed by atoms with Gasteiger partial charge in [0.05, 0.1) is 71.4 Å². The Morgan fingerprint density at radius 2 is 0.885 bits per heavy atom. The van der Waals surface area contributed by atoms with E-state index in [4.69, 9.17) is 19.7 Å². The zero-order valence-corrected chi connectivity index (χ0v) is 35.8. The zero-order chi connectivity index (χ0) is 42.8. The Morgan fingerprint density at radius 1 is 0.492 bits per heavy atom. The van der Waals surface area contributed by atoms with Crippen LogP contribution < -0.4 is 11.1 Å². The average Bonchev–Trinajstić information content (AvgIpc) is 3.23. The van der Waals surface area contributed by atoms with Crippen LogP contribution in [0.5, 0.6) is 0 Å². The molecule has 0 unspecified atom stereocenters. The molecule has 0 amide bonds. The van der Waals surface area contributed by atoms with Gasteiger partial charge in [-0.3, -0.25) is 19.6 Å². The number of pyridine rings is 2. The maximum atomic E-state index is 13.5. The molecule has 10 rings (SSSR count). The summed E-state index contributed by atoms with van der Waals surface area (Å²) < 4.78 is 13.6. The predicted octanol–water partition coefficient (Wildman–Crippen LogP) is 9.69. The summed E-state index contributed by atoms with van der Waals surface area (Å²) in [7, 11) is 0. The van der Waals surface area contributed by atoms with Gasteiger partial charge in [0.15, 0.2) is 0 Å². The number of benzene rings is 4. The van der Waals surface area contributed by atoms with Crippen LogP contribution in [-0.2, 0) is 9.47 Å². The molecule has 61 heavy (non-hydrogen) atoms. The summed E-state index contributed by atoms with van der Waals surface area (Å²) in [5.41, 5.74) is 12.3. The van der Waals surface area contributed by atoms with Crippen molar-refractivity contribution in [3.8, 4) is 33.9 Å². The fourth-order valence-electron chi connectivity index (χ4n) is 7.48. The van der Waals surface area contributed by atoms with Crippen LogP contribution in [-0.4, -0.2) is 56.0 Å². The molecule has 0 spiro atoms. The molecule has 2 fully saturated rings. The van der Waals surface area contributed by atoms with Gasteiger partial charge in [-0.15, -0.1) is 0 Å². The highest BCUT2D eigenvalue weighted by molar-refractivity contribution is 5.96. The third kappa shape index (κ3) is 8.16. The van der Waals surface area contributed by atoms with Crippen molar-refractivity contribution in [1.82, 2.24) is 29.5 Å². The largest absolute Gasteiger partial charge is 0.380 e. The van der Waals surface area contributed by atoms with E-state index in [1.165, 1.54) is 14.9 Å². The van der Waals surface area contributed by atoms with E-state index in [1.54, 1.807) is 12.4 Å². The fourth-order valence-corrected chi connectivity index (χ4v) is 7.48. The van der Waals surface area contributed by atoms with E-state index in [-0.39, 0.29) is 23.0 Å². The number of fused-ring (bicyclic) bond motifs is 2. The molecule has 0 N–H and O–H groups in total. The van der Waals surface area contributed by atoms with Crippen LogP contribution >= 0.6 is 0 Å². The van der Waals surface area contributed by atoms with Crippen LogP contribution in [0.4, 0.5) is 0 Å². The van der Waals surface area contributed by atoms with Crippen LogP contribution in [0.2, 0.25) is 0 Å². The average molecular weight is 811 g/mol. The summed E-state index contributed by atoms with van der Waals surface area (Å²) >= 11 is 0. The first-order valence-corrected chi connectivity index (χ1v) is 20.9. The van der Waals surface area contributed by atoms with Gasteiger partial charge in [-0.25, -0.2) is 0 Å². The normalized spacial score (nSPS) is 13.8. The van der Waals surface area contributed by atoms with Gasteiger partial charge in [-0.1, -0.05) is 74.0 Å². The summed E-state index contributed by atoms with van der Waals surface area (Å²) in [5.74, 6) is 0.562. The van der Waals surface area contributed by atoms with E-state index < -0.39 is 0 Å². The molecule has 2 saturated heterocycles. The van der Waals surface area contributed by atoms with E-state index in [0.717, 1.165) is 78.3 Å². The van der Waals surface area contributed by atoms with Crippen molar-refractivity contribution < 1.29 is 9.47 Å². The molecule has 4 aromatic carbocycles. The topological polar surface area (TPSA) is 114 Å². The Labute approximate surface area is 355 Å². The molecule has 8 aromatic rings. The summed E-state index contributed by atoms with van der Waals surface area (Å²) in [5, 5.41) is 12.7. The molecule has 308 valence electrons. The van der Waals surface area contributed by atoms with Gasteiger partial charge in [0.2, 0.25) is 0 Å². The minimum absolute atomic E-state index is 0.119. The first kappa shape index (κ1) is 41.1. The quantitative estimate of drug-likeness (QED) is 0.163. The SMILES string of the molecule is CC.Cc1cc2c(-c3ccccc3)nn(-c3ccnc(C4COC4)c3)c(=O)c2cc1C.Cc1ccc(-c2nn(-c3ccnc(C4COC4)c3)c(=O)c3cc(C)c(C)cc23)cc1. The minimum Gasteiger partial charge on any atom is -0.380 e. The van der Waals surface area contributed by atoms with E-state index >= 15 is 0 Å². The molecule has 10 heteroatoms. The molecule has 0 saturated carbocycles. The summed E-state index contributed by atoms with van der Waals surface area (Å²) in [4.78, 5) is 35.8. The van der Waals surface area contributed by atoms with Crippen LogP contribution in [0.15, 0.2) is 125 Å². The molecular formula is C51H50N6O4. The van der Waals surface area contributed by atoms with Crippen LogP contribution in [0.25, 0.3) is 55.4 Å². The van der Waals surface area contributed by atoms with E-state index in [1.807, 2.05) is 94.4 Å². The van der Waals surface area contributed by atoms with Gasteiger partial charge < -0.3 is 9.47 Å². The maximum absolute atomic E-state index is 13.5. The number of rotatable bonds is 6. The fraction of sp³-hybridized carbons (Fsp3) is 0.255. The van der Waals surface area contributed by atoms with Gasteiger partial charge in [0.1, 0.15) is 0 Å². The molecule has 2 aliphatic rings. The van der Waals surface area contributed by atoms with Crippen molar-refractivity contribution in [2.45, 2.75) is 60.3 Å². The molecule has 0 bridgehead atoms. The van der Waals surface area contributed by atoms with Crippen molar-refractivity contribution in [3.63, 3.8) is 0 Å². The number of ether oxygens (including phenoxy) is 2. The highest BCUT2D eigenvalue weighted by Crippen LogP contribution is 2.31. The number of aryl methyl sites for hydroxylation is 5. The molecule has 2 aliphatic heterocycles. The van der Waals surface area contributed by atoms with E-state index in [9.17, 15) is 9.59 Å². The Balaban J connectivity index is 0.000000162. The van der Waals surface area contributed by atoms with Crippen molar-refractivity contribution in [2.75, 3.05) is 26.4 Å². The van der Waals surface area contributed by atoms with Gasteiger partial charge in [0.25, 0.3) is 11.1 Å². The lowest BCUT2D eigenvalue weighted by atomic mass is 9.99. The Kier molecular flexibility index (Phi) is 11.8. The van der Waals surface area contributed by atoms with Crippen molar-refractivity contribution in [2.24, 2.45) is 0 Å². The van der Waals surface area contributed by atoms with Gasteiger partial charge in [0, 0.05) is 46.1 Å². The number of hydrogen-bond acceptors (Lipinski definition) is 8. The molecule has 0 aliphatic carbocycles. The lowest BCUT2D eigenvalue weighted by Crippen LogP contribution is -2.27. The Hall–Kier alpha value is -6.62. The smallest absolute Gasteiger partial charge is 0.279 e. The van der Waals surface area contributed by atoms with Crippen LogP contribution in [0, 0.1) is 34.6 Å². The van der Waals surface area contributed by atoms with Crippen molar-refractivity contribution >= 4 is 21.5 Å². The summed E-state index contributed by atoms with van der Waals surface area (Å²) in [6, 6.07) is 33.9. The highest BCUT2D eigenvalue weighted by atomic mass is 16.5. The first-order chi connectivity index (χ1) is 29.6. The monoisotopic (exact) mass is 810 g/mol. The van der Waals surface area contributed by atoms with Gasteiger partial charge in [-0.2, -0.15) is 19.6 Å². The molecule has 6 heterocycles. The third-order valence-corrected chi connectivity index (χ3v) is 11.5. The second-order valence-electron chi connectivity index (χ2n) is 15.7. The first-order valence-electron chi connectivity index (χ1n) is 20.9. The lowest BCUT2D eigenvalue weighted by molar-refractivity contribution is 0.00665. The predicted molar refractivity (Wildman–Crippen MR) is 243 cm³/mol. The van der Waals surface area contributed by atoms with Crippen molar-refractivity contribution in [3.05, 3.63) is 175 Å². The molecule has 4 aromatic heterocycles. The van der Waals surface area contributed by atoms with E-state index in [2.05, 4.69) is 67.1 Å². The van der Waals surface area contributed by atoms with Crippen LogP contribution in [0.3, 0.4) is 0 Å². The van der Waals surface area contributed by atoms with Gasteiger partial charge >= 0.3 is 0 Å². The summed E-state index contributed by atoms with van der Waals surface area (Å²) in [6.45, 7) is 16.9. The molecular weight excluding hydrogens is 761 g/mol. The Morgan fingerprint density at radius 3 is 1.28 bits per heavy atom. The molecule has 10 nitrogen and oxygen atoms in total.